The van der Waals surface area contributed by atoms with Crippen LogP contribution in [0.25, 0.3) is 0 Å². The van der Waals surface area contributed by atoms with Gasteiger partial charge in [0.2, 0.25) is 11.8 Å². The van der Waals surface area contributed by atoms with Gasteiger partial charge in [-0.15, -0.1) is 11.8 Å². The van der Waals surface area contributed by atoms with E-state index in [2.05, 4.69) is 17.2 Å². The molecule has 0 bridgehead atoms. The van der Waals surface area contributed by atoms with Gasteiger partial charge in [0.15, 0.2) is 0 Å². The van der Waals surface area contributed by atoms with Gasteiger partial charge in [-0.25, -0.2) is 4.79 Å². The summed E-state index contributed by atoms with van der Waals surface area (Å²) in [6.07, 6.45) is 1.43. The van der Waals surface area contributed by atoms with Crippen LogP contribution in [0.3, 0.4) is 0 Å². The molecule has 0 heterocycles. The molecule has 1 rings (SSSR count). The molecule has 0 unspecified atom stereocenters. The van der Waals surface area contributed by atoms with Crippen molar-refractivity contribution in [1.29, 1.82) is 0 Å². The van der Waals surface area contributed by atoms with Gasteiger partial charge in [0, 0.05) is 25.3 Å². The molecular weight excluding hydrogens is 332 g/mol. The molecule has 24 heavy (non-hydrogen) atoms. The Morgan fingerprint density at radius 1 is 1.33 bits per heavy atom. The number of ether oxygens (including phenoxy) is 1. The van der Waals surface area contributed by atoms with Crippen LogP contribution in [-0.4, -0.2) is 41.3 Å². The van der Waals surface area contributed by atoms with Crippen LogP contribution in [0, 0.1) is 0 Å². The number of esters is 1. The third-order valence-corrected chi connectivity index (χ3v) is 3.83. The highest BCUT2D eigenvalue weighted by molar-refractivity contribution is 7.99. The number of phenols is 1. The van der Waals surface area contributed by atoms with Crippen molar-refractivity contribution in [3.05, 3.63) is 30.9 Å². The molecule has 1 aromatic carbocycles. The monoisotopic (exact) mass is 352 g/mol. The molecule has 0 aliphatic rings. The zero-order valence-electron chi connectivity index (χ0n) is 13.5. The summed E-state index contributed by atoms with van der Waals surface area (Å²) >= 11 is 1.16. The Morgan fingerprint density at radius 3 is 2.62 bits per heavy atom. The minimum atomic E-state index is -0.865. The Balaban J connectivity index is 2.81. The number of amides is 2. The fourth-order valence-corrected chi connectivity index (χ4v) is 2.73. The molecule has 0 aromatic heterocycles. The molecule has 0 spiro atoms. The van der Waals surface area contributed by atoms with Crippen LogP contribution < -0.4 is 10.6 Å². The van der Waals surface area contributed by atoms with Gasteiger partial charge in [-0.1, -0.05) is 12.7 Å². The average Bonchev–Trinajstić information content (AvgIpc) is 2.50. The number of carbonyl (C=O) groups excluding carboxylic acids is 3. The van der Waals surface area contributed by atoms with Crippen molar-refractivity contribution in [1.82, 2.24) is 5.32 Å². The van der Waals surface area contributed by atoms with Crippen molar-refractivity contribution in [2.45, 2.75) is 24.8 Å². The highest BCUT2D eigenvalue weighted by atomic mass is 32.2. The van der Waals surface area contributed by atoms with Gasteiger partial charge in [0.1, 0.15) is 18.4 Å². The van der Waals surface area contributed by atoms with Crippen LogP contribution in [-0.2, 0) is 19.1 Å². The van der Waals surface area contributed by atoms with E-state index < -0.39 is 12.0 Å². The van der Waals surface area contributed by atoms with Gasteiger partial charge in [-0.3, -0.25) is 9.59 Å². The Hall–Kier alpha value is -2.48. The molecule has 0 saturated heterocycles. The van der Waals surface area contributed by atoms with E-state index in [1.54, 1.807) is 12.1 Å². The van der Waals surface area contributed by atoms with E-state index in [0.29, 0.717) is 10.6 Å². The summed E-state index contributed by atoms with van der Waals surface area (Å²) in [5, 5.41) is 15.0. The highest BCUT2D eigenvalue weighted by Gasteiger charge is 2.21. The third kappa shape index (κ3) is 6.74. The molecule has 3 N–H and O–H groups in total. The number of phenolic OH excluding ortho intramolecular Hbond substituents is 1. The van der Waals surface area contributed by atoms with E-state index in [1.165, 1.54) is 26.0 Å². The number of rotatable bonds is 8. The molecular formula is C16H20N2O5S. The molecule has 1 aromatic rings. The Morgan fingerprint density at radius 2 is 2.04 bits per heavy atom. The fraction of sp³-hybridized carbons (Fsp3) is 0.312. The van der Waals surface area contributed by atoms with Crippen LogP contribution in [0.15, 0.2) is 35.7 Å². The maximum atomic E-state index is 11.9. The highest BCUT2D eigenvalue weighted by Crippen LogP contribution is 2.31. The summed E-state index contributed by atoms with van der Waals surface area (Å²) in [4.78, 5) is 34.7. The number of anilines is 1. The zero-order chi connectivity index (χ0) is 18.1. The summed E-state index contributed by atoms with van der Waals surface area (Å²) in [6.45, 7) is 6.17. The standard InChI is InChI=1S/C16H20N2O5S/c1-4-7-23-16(22)13(18-11(3)20)9-24-15-8-12(17-10(2)19)5-6-14(15)21/h4-6,8,13,21H,1,7,9H2,2-3H3,(H,17,19)(H,18,20)/t13-/m0/s1. The second-order valence-electron chi connectivity index (χ2n) is 4.85. The van der Waals surface area contributed by atoms with Crippen molar-refractivity contribution < 1.29 is 24.2 Å². The fourth-order valence-electron chi connectivity index (χ4n) is 1.74. The molecule has 8 heteroatoms. The first-order valence-electron chi connectivity index (χ1n) is 7.11. The largest absolute Gasteiger partial charge is 0.507 e. The van der Waals surface area contributed by atoms with Crippen LogP contribution in [0.2, 0.25) is 0 Å². The topological polar surface area (TPSA) is 105 Å². The Bertz CT molecular complexity index is 633. The van der Waals surface area contributed by atoms with E-state index in [-0.39, 0.29) is 29.9 Å². The quantitative estimate of drug-likeness (QED) is 0.285. The lowest BCUT2D eigenvalue weighted by Gasteiger charge is -2.16. The first-order valence-corrected chi connectivity index (χ1v) is 8.10. The summed E-state index contributed by atoms with van der Waals surface area (Å²) in [7, 11) is 0. The first-order chi connectivity index (χ1) is 11.3. The number of thioether (sulfide) groups is 1. The first kappa shape index (κ1) is 19.6. The molecule has 0 radical (unpaired) electrons. The van der Waals surface area contributed by atoms with E-state index in [0.717, 1.165) is 11.8 Å². The maximum absolute atomic E-state index is 11.9. The predicted molar refractivity (Wildman–Crippen MR) is 91.9 cm³/mol. The summed E-state index contributed by atoms with van der Waals surface area (Å²) in [5.41, 5.74) is 0.521. The van der Waals surface area contributed by atoms with E-state index in [1.807, 2.05) is 0 Å². The Kier molecular flexibility index (Phi) is 7.84. The number of hydrogen-bond donors (Lipinski definition) is 3. The second-order valence-corrected chi connectivity index (χ2v) is 5.91. The van der Waals surface area contributed by atoms with Crippen molar-refractivity contribution >= 4 is 35.2 Å². The summed E-state index contributed by atoms with van der Waals surface area (Å²) in [5.74, 6) is -1.02. The zero-order valence-corrected chi connectivity index (χ0v) is 14.3. The van der Waals surface area contributed by atoms with Crippen molar-refractivity contribution in [2.24, 2.45) is 0 Å². The number of carbonyl (C=O) groups is 3. The lowest BCUT2D eigenvalue weighted by Crippen LogP contribution is -2.42. The molecule has 0 aliphatic carbocycles. The van der Waals surface area contributed by atoms with E-state index in [4.69, 9.17) is 4.74 Å². The van der Waals surface area contributed by atoms with Crippen molar-refractivity contribution in [3.8, 4) is 5.75 Å². The van der Waals surface area contributed by atoms with Gasteiger partial charge >= 0.3 is 5.97 Å². The van der Waals surface area contributed by atoms with E-state index >= 15 is 0 Å². The SMILES string of the molecule is C=CCOC(=O)[C@H](CSc1cc(NC(C)=O)ccc1O)NC(C)=O. The maximum Gasteiger partial charge on any atom is 0.329 e. The molecule has 7 nitrogen and oxygen atoms in total. The second kappa shape index (κ2) is 9.61. The lowest BCUT2D eigenvalue weighted by atomic mass is 10.3. The smallest absolute Gasteiger partial charge is 0.329 e. The van der Waals surface area contributed by atoms with Crippen molar-refractivity contribution in [2.75, 3.05) is 17.7 Å². The summed E-state index contributed by atoms with van der Waals surface area (Å²) in [6, 6.07) is 3.72. The number of aromatic hydroxyl groups is 1. The predicted octanol–water partition coefficient (Wildman–Crippen LogP) is 1.68. The lowest BCUT2D eigenvalue weighted by molar-refractivity contribution is -0.145. The average molecular weight is 352 g/mol. The minimum Gasteiger partial charge on any atom is -0.507 e. The van der Waals surface area contributed by atoms with Gasteiger partial charge in [-0.2, -0.15) is 0 Å². The van der Waals surface area contributed by atoms with Crippen LogP contribution in [0.4, 0.5) is 5.69 Å². The van der Waals surface area contributed by atoms with Crippen molar-refractivity contribution in [3.63, 3.8) is 0 Å². The van der Waals surface area contributed by atoms with Gasteiger partial charge in [0.05, 0.1) is 4.90 Å². The molecule has 0 saturated carbocycles. The van der Waals surface area contributed by atoms with E-state index in [9.17, 15) is 19.5 Å². The molecule has 0 fully saturated rings. The number of hydrogen-bond acceptors (Lipinski definition) is 6. The number of benzene rings is 1. The third-order valence-electron chi connectivity index (χ3n) is 2.69. The van der Waals surface area contributed by atoms with Gasteiger partial charge < -0.3 is 20.5 Å². The van der Waals surface area contributed by atoms with Crippen LogP contribution >= 0.6 is 11.8 Å². The molecule has 130 valence electrons. The normalized spacial score (nSPS) is 11.2. The Labute approximate surface area is 144 Å². The van der Waals surface area contributed by atoms with Gasteiger partial charge in [-0.05, 0) is 18.2 Å². The van der Waals surface area contributed by atoms with Crippen LogP contribution in [0.5, 0.6) is 5.75 Å². The number of nitrogens with one attached hydrogen (secondary N) is 2. The molecule has 1 atom stereocenters. The minimum absolute atomic E-state index is 0.00939. The molecule has 2 amide bonds. The van der Waals surface area contributed by atoms with Crippen LogP contribution in [0.1, 0.15) is 13.8 Å². The molecule has 0 aliphatic heterocycles. The summed E-state index contributed by atoms with van der Waals surface area (Å²) < 4.78 is 4.94. The van der Waals surface area contributed by atoms with Gasteiger partial charge in [0.25, 0.3) is 0 Å².